The normalized spacial score (nSPS) is 27.1. The van der Waals surface area contributed by atoms with Crippen molar-refractivity contribution < 1.29 is 34.1 Å². The van der Waals surface area contributed by atoms with E-state index in [4.69, 9.17) is 11.6 Å². The summed E-state index contributed by atoms with van der Waals surface area (Å²) in [6, 6.07) is 14.8. The van der Waals surface area contributed by atoms with Crippen molar-refractivity contribution in [1.82, 2.24) is 0 Å². The first-order chi connectivity index (χ1) is 23.7. The van der Waals surface area contributed by atoms with E-state index in [0.29, 0.717) is 11.3 Å². The third-order valence-electron chi connectivity index (χ3n) is 10.7. The van der Waals surface area contributed by atoms with Crippen LogP contribution in [0.3, 0.4) is 0 Å². The number of aromatic hydroxyl groups is 1. The minimum Gasteiger partial charge on any atom is -0.508 e. The first kappa shape index (κ1) is 32.9. The van der Waals surface area contributed by atoms with Crippen LogP contribution in [0.2, 0.25) is 5.02 Å². The molecule has 2 aliphatic carbocycles. The van der Waals surface area contributed by atoms with E-state index in [2.05, 4.69) is 0 Å². The zero-order valence-corrected chi connectivity index (χ0v) is 27.7. The monoisotopic (exact) mass is 699 g/mol. The summed E-state index contributed by atoms with van der Waals surface area (Å²) < 4.78 is 0. The van der Waals surface area contributed by atoms with E-state index in [-0.39, 0.29) is 40.6 Å². The number of anilines is 3. The molecule has 0 aromatic heterocycles. The number of nitrogens with zero attached hydrogens (tertiary/aromatic N) is 5. The summed E-state index contributed by atoms with van der Waals surface area (Å²) in [4.78, 5) is 82.9. The van der Waals surface area contributed by atoms with Crippen LogP contribution in [0.1, 0.15) is 31.2 Å². The van der Waals surface area contributed by atoms with Gasteiger partial charge in [-0.25, -0.2) is 9.80 Å². The largest absolute Gasteiger partial charge is 0.508 e. The second kappa shape index (κ2) is 11.5. The number of nitro benzene ring substituents is 2. The Labute approximate surface area is 289 Å². The number of carbonyl (C=O) groups is 4. The molecule has 15 heteroatoms. The van der Waals surface area contributed by atoms with Crippen LogP contribution in [0.5, 0.6) is 5.75 Å². The van der Waals surface area contributed by atoms with Crippen LogP contribution >= 0.6 is 11.6 Å². The van der Waals surface area contributed by atoms with Gasteiger partial charge in [0.15, 0.2) is 5.69 Å². The molecule has 0 radical (unpaired) electrons. The van der Waals surface area contributed by atoms with E-state index in [9.17, 15) is 44.5 Å². The highest BCUT2D eigenvalue weighted by molar-refractivity contribution is 6.30. The molecule has 256 valence electrons. The van der Waals surface area contributed by atoms with Gasteiger partial charge in [0.1, 0.15) is 5.75 Å². The van der Waals surface area contributed by atoms with E-state index >= 15 is 0 Å². The average Bonchev–Trinajstić information content (AvgIpc) is 3.45. The molecule has 4 amide bonds. The molecule has 14 nitrogen and oxygen atoms in total. The Kier molecular flexibility index (Phi) is 7.55. The van der Waals surface area contributed by atoms with Gasteiger partial charge >= 0.3 is 11.4 Å². The highest BCUT2D eigenvalue weighted by Crippen LogP contribution is 2.64. The standard InChI is InChI=1S/C35H30ClN5O9/c1-35-24(32(44)39(34(35)46)18-7-5-4-6-8-18)16-22-20(29(35)23-13-17(36)9-12-27(23)42)10-11-21-28(22)33(45)38(31(21)43)19-14-25(40(47)48)30(37(2)3)26(15-19)41(49)50/h4-10,12-15,21-22,24,28-29,42H,11,16H2,1-3H3/t21-,22+,24-,28-,29+,35+/m0/s1. The minimum atomic E-state index is -1.42. The van der Waals surface area contributed by atoms with Gasteiger partial charge in [0, 0.05) is 42.7 Å². The molecule has 6 atom stereocenters. The van der Waals surface area contributed by atoms with Crippen molar-refractivity contribution in [2.45, 2.75) is 25.7 Å². The van der Waals surface area contributed by atoms with Gasteiger partial charge in [-0.3, -0.25) is 39.4 Å². The highest BCUT2D eigenvalue weighted by Gasteiger charge is 2.68. The van der Waals surface area contributed by atoms with Crippen LogP contribution < -0.4 is 14.7 Å². The summed E-state index contributed by atoms with van der Waals surface area (Å²) >= 11 is 6.41. The van der Waals surface area contributed by atoms with E-state index < -0.39 is 79.9 Å². The molecule has 0 bridgehead atoms. The topological polar surface area (TPSA) is 185 Å². The number of nitro groups is 2. The smallest absolute Gasteiger partial charge is 0.301 e. The number of hydrogen-bond donors (Lipinski definition) is 1. The number of halogens is 1. The lowest BCUT2D eigenvalue weighted by molar-refractivity contribution is -0.392. The van der Waals surface area contributed by atoms with Crippen LogP contribution in [-0.4, -0.2) is 52.7 Å². The van der Waals surface area contributed by atoms with Gasteiger partial charge in [0.2, 0.25) is 23.6 Å². The number of rotatable bonds is 6. The van der Waals surface area contributed by atoms with Gasteiger partial charge in [-0.05, 0) is 56.0 Å². The molecule has 1 N–H and O–H groups in total. The fourth-order valence-electron chi connectivity index (χ4n) is 8.65. The highest BCUT2D eigenvalue weighted by atomic mass is 35.5. The zero-order chi connectivity index (χ0) is 36.0. The third-order valence-corrected chi connectivity index (χ3v) is 11.0. The predicted octanol–water partition coefficient (Wildman–Crippen LogP) is 5.36. The SMILES string of the molecule is CN(C)c1c([N+](=O)[O-])cc(N2C(=O)[C@H]3[C@H](CC=C4[C@H]3C[C@H]3C(=O)N(c5ccccc5)C(=O)[C@@]3(C)[C@H]4c3cc(Cl)ccc3O)C2=O)cc1[N+](=O)[O-]. The summed E-state index contributed by atoms with van der Waals surface area (Å²) in [5, 5.41) is 35.6. The maximum atomic E-state index is 14.5. The average molecular weight is 700 g/mol. The van der Waals surface area contributed by atoms with Gasteiger partial charge in [-0.2, -0.15) is 0 Å². The molecular weight excluding hydrogens is 670 g/mol. The fourth-order valence-corrected chi connectivity index (χ4v) is 8.83. The molecule has 0 unspecified atom stereocenters. The van der Waals surface area contributed by atoms with Crippen molar-refractivity contribution in [3.8, 4) is 5.75 Å². The fraction of sp³-hybridized carbons (Fsp3) is 0.314. The molecule has 2 aliphatic heterocycles. The third kappa shape index (κ3) is 4.54. The Balaban J connectivity index is 1.37. The summed E-state index contributed by atoms with van der Waals surface area (Å²) in [6.07, 6.45) is 1.83. The van der Waals surface area contributed by atoms with Crippen molar-refractivity contribution in [3.63, 3.8) is 0 Å². The summed E-state index contributed by atoms with van der Waals surface area (Å²) in [5.41, 5.74) is -2.11. The lowest BCUT2D eigenvalue weighted by atomic mass is 9.51. The van der Waals surface area contributed by atoms with Crippen LogP contribution in [0.15, 0.2) is 72.3 Å². The minimum absolute atomic E-state index is 0.0158. The zero-order valence-electron chi connectivity index (χ0n) is 27.0. The second-order valence-corrected chi connectivity index (χ2v) is 13.9. The van der Waals surface area contributed by atoms with Gasteiger partial charge in [0.05, 0.1) is 44.4 Å². The summed E-state index contributed by atoms with van der Waals surface area (Å²) in [7, 11) is 2.81. The molecule has 2 saturated heterocycles. The number of benzene rings is 3. The maximum absolute atomic E-state index is 14.5. The van der Waals surface area contributed by atoms with Crippen LogP contribution in [0.4, 0.5) is 28.4 Å². The molecule has 3 fully saturated rings. The Morgan fingerprint density at radius 3 is 2.10 bits per heavy atom. The molecule has 1 saturated carbocycles. The number of hydrogen-bond acceptors (Lipinski definition) is 10. The molecular formula is C35H30ClN5O9. The molecule has 7 rings (SSSR count). The predicted molar refractivity (Wildman–Crippen MR) is 181 cm³/mol. The number of amides is 4. The van der Waals surface area contributed by atoms with Crippen molar-refractivity contribution in [2.24, 2.45) is 29.1 Å². The molecule has 0 spiro atoms. The molecule has 3 aromatic rings. The quantitative estimate of drug-likeness (QED) is 0.152. The number of phenols is 1. The number of para-hydroxylation sites is 1. The van der Waals surface area contributed by atoms with Crippen LogP contribution in [0.25, 0.3) is 0 Å². The Bertz CT molecular complexity index is 2050. The Morgan fingerprint density at radius 1 is 0.860 bits per heavy atom. The number of fused-ring (bicyclic) bond motifs is 4. The number of carbonyl (C=O) groups excluding carboxylic acids is 4. The van der Waals surface area contributed by atoms with Gasteiger partial charge < -0.3 is 10.0 Å². The van der Waals surface area contributed by atoms with Gasteiger partial charge in [-0.1, -0.05) is 41.4 Å². The van der Waals surface area contributed by atoms with Crippen LogP contribution in [-0.2, 0) is 19.2 Å². The molecule has 50 heavy (non-hydrogen) atoms. The lowest BCUT2D eigenvalue weighted by Crippen LogP contribution is -2.48. The Hall–Kier alpha value is -5.63. The van der Waals surface area contributed by atoms with Gasteiger partial charge in [0.25, 0.3) is 0 Å². The molecule has 4 aliphatic rings. The summed E-state index contributed by atoms with van der Waals surface area (Å²) in [6.45, 7) is 1.67. The Morgan fingerprint density at radius 2 is 1.50 bits per heavy atom. The van der Waals surface area contributed by atoms with Crippen molar-refractivity contribution in [3.05, 3.63) is 103 Å². The first-order valence-corrected chi connectivity index (χ1v) is 16.2. The van der Waals surface area contributed by atoms with Crippen LogP contribution in [0, 0.1) is 49.3 Å². The van der Waals surface area contributed by atoms with E-state index in [1.165, 1.54) is 37.2 Å². The van der Waals surface area contributed by atoms with Crippen molar-refractivity contribution >= 4 is 63.7 Å². The second-order valence-electron chi connectivity index (χ2n) is 13.5. The van der Waals surface area contributed by atoms with Gasteiger partial charge in [-0.15, -0.1) is 0 Å². The lowest BCUT2D eigenvalue weighted by Gasteiger charge is -2.49. The molecule has 2 heterocycles. The summed E-state index contributed by atoms with van der Waals surface area (Å²) in [5.74, 6) is -7.23. The number of allylic oxidation sites excluding steroid dienone is 2. The number of phenolic OH excluding ortho intramolecular Hbond substituents is 1. The maximum Gasteiger partial charge on any atom is 0.301 e. The van der Waals surface area contributed by atoms with Crippen molar-refractivity contribution in [1.29, 1.82) is 0 Å². The van der Waals surface area contributed by atoms with E-state index in [1.807, 2.05) is 0 Å². The van der Waals surface area contributed by atoms with E-state index in [0.717, 1.165) is 21.9 Å². The van der Waals surface area contributed by atoms with Crippen molar-refractivity contribution in [2.75, 3.05) is 28.8 Å². The first-order valence-electron chi connectivity index (χ1n) is 15.8. The molecule has 3 aromatic carbocycles. The number of imide groups is 2. The van der Waals surface area contributed by atoms with E-state index in [1.54, 1.807) is 43.3 Å².